The maximum atomic E-state index is 4.47. The van der Waals surface area contributed by atoms with Crippen molar-refractivity contribution in [3.8, 4) is 0 Å². The first-order valence-corrected chi connectivity index (χ1v) is 5.32. The Bertz CT molecular complexity index is 211. The minimum absolute atomic E-state index is 0. The van der Waals surface area contributed by atoms with E-state index < -0.39 is 0 Å². The molecule has 0 spiro atoms. The van der Waals surface area contributed by atoms with Gasteiger partial charge in [-0.3, -0.25) is 4.99 Å². The summed E-state index contributed by atoms with van der Waals surface area (Å²) in [7, 11) is 0. The van der Waals surface area contributed by atoms with Gasteiger partial charge in [0.05, 0.1) is 5.04 Å². The molecule has 0 aromatic heterocycles. The normalized spacial score (nSPS) is 22.7. The van der Waals surface area contributed by atoms with Crippen LogP contribution in [0.4, 0.5) is 0 Å². The van der Waals surface area contributed by atoms with Gasteiger partial charge in [0.2, 0.25) is 0 Å². The topological polar surface area (TPSA) is 12.4 Å². The fourth-order valence-electron chi connectivity index (χ4n) is 1.56. The molecule has 0 saturated carbocycles. The average molecular weight is 362 g/mol. The maximum absolute atomic E-state index is 4.47. The van der Waals surface area contributed by atoms with Crippen LogP contribution in [0, 0.1) is 0 Å². The Kier molecular flexibility index (Phi) is 4.59. The summed E-state index contributed by atoms with van der Waals surface area (Å²) in [5.41, 5.74) is 1.53. The fraction of sp³-hybridized carbons (Fsp3) is 0.667. The third-order valence-corrected chi connectivity index (χ3v) is 3.20. The van der Waals surface area contributed by atoms with E-state index >= 15 is 0 Å². The SMILES string of the molecule is C1=C(C2=NCCS2)CCCC1.[Pt]. The van der Waals surface area contributed by atoms with Gasteiger partial charge in [-0.2, -0.15) is 0 Å². The van der Waals surface area contributed by atoms with Gasteiger partial charge in [-0.25, -0.2) is 0 Å². The first-order valence-electron chi connectivity index (χ1n) is 4.33. The van der Waals surface area contributed by atoms with E-state index in [1.807, 2.05) is 11.8 Å². The molecule has 0 unspecified atom stereocenters. The van der Waals surface area contributed by atoms with Gasteiger partial charge in [-0.1, -0.05) is 6.08 Å². The molecule has 0 amide bonds. The van der Waals surface area contributed by atoms with Crippen LogP contribution in [0.25, 0.3) is 0 Å². The molecule has 12 heavy (non-hydrogen) atoms. The Morgan fingerprint density at radius 1 is 1.33 bits per heavy atom. The monoisotopic (exact) mass is 362 g/mol. The second kappa shape index (κ2) is 5.24. The average Bonchev–Trinajstić information content (AvgIpc) is 2.58. The first kappa shape index (κ1) is 10.5. The van der Waals surface area contributed by atoms with Crippen LogP contribution in [0.5, 0.6) is 0 Å². The van der Waals surface area contributed by atoms with Crippen molar-refractivity contribution in [2.75, 3.05) is 12.3 Å². The molecule has 0 fully saturated rings. The molecule has 1 aliphatic heterocycles. The molecule has 0 atom stereocenters. The molecule has 0 aromatic rings. The predicted molar refractivity (Wildman–Crippen MR) is 51.3 cm³/mol. The zero-order valence-electron chi connectivity index (χ0n) is 6.99. The standard InChI is InChI=1S/C9H13NS.Pt/c1-2-4-8(5-3-1)9-10-6-7-11-9;/h4H,1-3,5-7H2;. The third kappa shape index (κ3) is 2.47. The molecular weight excluding hydrogens is 349 g/mol. The van der Waals surface area contributed by atoms with Crippen molar-refractivity contribution in [2.24, 2.45) is 4.99 Å². The number of hydrogen-bond acceptors (Lipinski definition) is 2. The molecule has 1 aliphatic carbocycles. The van der Waals surface area contributed by atoms with E-state index in [0.29, 0.717) is 0 Å². The van der Waals surface area contributed by atoms with Crippen LogP contribution in [0.1, 0.15) is 25.7 Å². The number of allylic oxidation sites excluding steroid dienone is 1. The van der Waals surface area contributed by atoms with Crippen LogP contribution >= 0.6 is 11.8 Å². The Morgan fingerprint density at radius 3 is 2.83 bits per heavy atom. The molecule has 0 radical (unpaired) electrons. The van der Waals surface area contributed by atoms with Crippen LogP contribution in [0.15, 0.2) is 16.6 Å². The smallest absolute Gasteiger partial charge is 0.0934 e. The second-order valence-corrected chi connectivity index (χ2v) is 4.09. The number of thioether (sulfide) groups is 1. The van der Waals surface area contributed by atoms with Crippen molar-refractivity contribution in [2.45, 2.75) is 25.7 Å². The van der Waals surface area contributed by atoms with E-state index in [2.05, 4.69) is 11.1 Å². The van der Waals surface area contributed by atoms with E-state index in [9.17, 15) is 0 Å². The zero-order valence-corrected chi connectivity index (χ0v) is 10.1. The summed E-state index contributed by atoms with van der Waals surface area (Å²) in [6.07, 6.45) is 7.66. The van der Waals surface area contributed by atoms with Crippen molar-refractivity contribution in [3.63, 3.8) is 0 Å². The predicted octanol–water partition coefficient (Wildman–Crippen LogP) is 2.63. The van der Waals surface area contributed by atoms with Crippen molar-refractivity contribution in [1.29, 1.82) is 0 Å². The summed E-state index contributed by atoms with van der Waals surface area (Å²) in [5.74, 6) is 1.20. The van der Waals surface area contributed by atoms with Crippen molar-refractivity contribution in [3.05, 3.63) is 11.6 Å². The number of aliphatic imine (C=N–C) groups is 1. The van der Waals surface area contributed by atoms with Crippen molar-refractivity contribution >= 4 is 16.8 Å². The molecule has 70 valence electrons. The van der Waals surface area contributed by atoms with Gasteiger partial charge in [0, 0.05) is 33.4 Å². The number of hydrogen-bond donors (Lipinski definition) is 0. The molecule has 0 saturated heterocycles. The van der Waals surface area contributed by atoms with E-state index in [1.54, 1.807) is 0 Å². The van der Waals surface area contributed by atoms with Crippen LogP contribution in [0.3, 0.4) is 0 Å². The van der Waals surface area contributed by atoms with Crippen LogP contribution in [-0.4, -0.2) is 17.3 Å². The van der Waals surface area contributed by atoms with Gasteiger partial charge in [0.1, 0.15) is 0 Å². The number of rotatable bonds is 1. The second-order valence-electron chi connectivity index (χ2n) is 3.01. The molecule has 0 bridgehead atoms. The Hall–Kier alpha value is 0.448. The fourth-order valence-corrected chi connectivity index (χ4v) is 2.49. The molecule has 0 aromatic carbocycles. The summed E-state index contributed by atoms with van der Waals surface area (Å²) in [4.78, 5) is 4.47. The van der Waals surface area contributed by atoms with Crippen molar-refractivity contribution < 1.29 is 21.1 Å². The van der Waals surface area contributed by atoms with Gasteiger partial charge < -0.3 is 0 Å². The number of nitrogens with zero attached hydrogens (tertiary/aromatic N) is 1. The summed E-state index contributed by atoms with van der Waals surface area (Å²) in [5, 5.41) is 1.34. The molecular formula is C9H13NPtS. The summed E-state index contributed by atoms with van der Waals surface area (Å²) in [6, 6.07) is 0. The van der Waals surface area contributed by atoms with Crippen LogP contribution in [-0.2, 0) is 21.1 Å². The van der Waals surface area contributed by atoms with Crippen LogP contribution < -0.4 is 0 Å². The Morgan fingerprint density at radius 2 is 2.25 bits per heavy atom. The van der Waals surface area contributed by atoms with E-state index in [4.69, 9.17) is 0 Å². The van der Waals surface area contributed by atoms with Gasteiger partial charge in [0.25, 0.3) is 0 Å². The zero-order chi connectivity index (χ0) is 7.52. The molecule has 3 heteroatoms. The van der Waals surface area contributed by atoms with Crippen LogP contribution in [0.2, 0.25) is 0 Å². The quantitative estimate of drug-likeness (QED) is 0.699. The first-order chi connectivity index (χ1) is 5.47. The van der Waals surface area contributed by atoms with E-state index in [0.717, 1.165) is 6.54 Å². The largest absolute Gasteiger partial charge is 0.277 e. The van der Waals surface area contributed by atoms with E-state index in [-0.39, 0.29) is 21.1 Å². The molecule has 2 rings (SSSR count). The molecule has 2 aliphatic rings. The minimum Gasteiger partial charge on any atom is -0.277 e. The Labute approximate surface area is 92.4 Å². The van der Waals surface area contributed by atoms with Gasteiger partial charge in [0.15, 0.2) is 0 Å². The van der Waals surface area contributed by atoms with E-state index in [1.165, 1.54) is 42.1 Å². The van der Waals surface area contributed by atoms with Gasteiger partial charge in [-0.15, -0.1) is 11.8 Å². The molecule has 1 heterocycles. The third-order valence-electron chi connectivity index (χ3n) is 2.15. The molecule has 1 nitrogen and oxygen atoms in total. The van der Waals surface area contributed by atoms with Crippen molar-refractivity contribution in [1.82, 2.24) is 0 Å². The minimum atomic E-state index is 0. The summed E-state index contributed by atoms with van der Waals surface area (Å²) < 4.78 is 0. The maximum Gasteiger partial charge on any atom is 0.0934 e. The van der Waals surface area contributed by atoms with Gasteiger partial charge >= 0.3 is 0 Å². The Balaban J connectivity index is 0.000000720. The van der Waals surface area contributed by atoms with Gasteiger partial charge in [-0.05, 0) is 31.3 Å². The summed E-state index contributed by atoms with van der Waals surface area (Å²) >= 11 is 1.93. The molecule has 0 N–H and O–H groups in total. The summed E-state index contributed by atoms with van der Waals surface area (Å²) in [6.45, 7) is 1.04.